The first kappa shape index (κ1) is 13.1. The van der Waals surface area contributed by atoms with Crippen molar-refractivity contribution in [2.24, 2.45) is 0 Å². The molecule has 0 aromatic heterocycles. The summed E-state index contributed by atoms with van der Waals surface area (Å²) in [6.07, 6.45) is 0. The van der Waals surface area contributed by atoms with Crippen molar-refractivity contribution in [3.8, 4) is 17.2 Å². The Hall–Kier alpha value is -2.38. The monoisotopic (exact) mass is 272 g/mol. The van der Waals surface area contributed by atoms with Gasteiger partial charge in [-0.3, -0.25) is 10.1 Å². The second-order valence-electron chi connectivity index (χ2n) is 4.08. The van der Waals surface area contributed by atoms with Crippen molar-refractivity contribution >= 4 is 17.3 Å². The van der Waals surface area contributed by atoms with Gasteiger partial charge in [-0.15, -0.1) is 0 Å². The van der Waals surface area contributed by atoms with Crippen LogP contribution < -0.4 is 0 Å². The van der Waals surface area contributed by atoms with E-state index in [4.69, 9.17) is 16.9 Å². The summed E-state index contributed by atoms with van der Waals surface area (Å²) in [5.74, 6) is 0. The van der Waals surface area contributed by atoms with E-state index in [0.717, 1.165) is 5.56 Å². The summed E-state index contributed by atoms with van der Waals surface area (Å²) >= 11 is 6.08. The Morgan fingerprint density at radius 3 is 2.58 bits per heavy atom. The first-order chi connectivity index (χ1) is 9.02. The summed E-state index contributed by atoms with van der Waals surface area (Å²) < 4.78 is 0. The fourth-order valence-corrected chi connectivity index (χ4v) is 2.05. The fourth-order valence-electron chi connectivity index (χ4n) is 1.83. The van der Waals surface area contributed by atoms with Gasteiger partial charge in [0, 0.05) is 16.7 Å². The van der Waals surface area contributed by atoms with Crippen LogP contribution in [0.25, 0.3) is 11.1 Å². The number of aryl methyl sites for hydroxylation is 1. The van der Waals surface area contributed by atoms with E-state index >= 15 is 0 Å². The van der Waals surface area contributed by atoms with Crippen molar-refractivity contribution in [3.05, 3.63) is 62.7 Å². The normalized spacial score (nSPS) is 9.95. The molecular formula is C14H9ClN2O2. The lowest BCUT2D eigenvalue weighted by atomic mass is 10.00. The van der Waals surface area contributed by atoms with Gasteiger partial charge in [-0.25, -0.2) is 0 Å². The zero-order chi connectivity index (χ0) is 14.0. The lowest BCUT2D eigenvalue weighted by molar-refractivity contribution is -0.384. The van der Waals surface area contributed by atoms with Gasteiger partial charge >= 0.3 is 0 Å². The summed E-state index contributed by atoms with van der Waals surface area (Å²) in [4.78, 5) is 10.6. The zero-order valence-corrected chi connectivity index (χ0v) is 10.8. The van der Waals surface area contributed by atoms with Crippen LogP contribution in [-0.2, 0) is 0 Å². The number of hydrogen-bond donors (Lipinski definition) is 0. The number of hydrogen-bond acceptors (Lipinski definition) is 3. The molecule has 0 amide bonds. The molecule has 0 unspecified atom stereocenters. The highest BCUT2D eigenvalue weighted by Gasteiger charge is 2.17. The molecule has 0 spiro atoms. The molecule has 2 aromatic rings. The van der Waals surface area contributed by atoms with Crippen molar-refractivity contribution in [1.29, 1.82) is 5.26 Å². The number of nitrogens with zero attached hydrogens (tertiary/aromatic N) is 2. The van der Waals surface area contributed by atoms with E-state index in [1.807, 2.05) is 13.0 Å². The molecular weight excluding hydrogens is 264 g/mol. The van der Waals surface area contributed by atoms with Crippen LogP contribution in [-0.4, -0.2) is 4.92 Å². The Morgan fingerprint density at radius 2 is 1.95 bits per heavy atom. The molecule has 94 valence electrons. The minimum absolute atomic E-state index is 0.0254. The highest BCUT2D eigenvalue weighted by molar-refractivity contribution is 6.33. The number of benzene rings is 2. The van der Waals surface area contributed by atoms with Crippen LogP contribution in [0.2, 0.25) is 5.02 Å². The van der Waals surface area contributed by atoms with Gasteiger partial charge < -0.3 is 0 Å². The maximum atomic E-state index is 11.1. The SMILES string of the molecule is Cc1ccc([N+](=O)[O-])c(-c2cc(C#N)ccc2Cl)c1. The second kappa shape index (κ2) is 5.09. The third-order valence-corrected chi connectivity index (χ3v) is 3.06. The van der Waals surface area contributed by atoms with E-state index in [1.54, 1.807) is 30.3 Å². The highest BCUT2D eigenvalue weighted by atomic mass is 35.5. The minimum Gasteiger partial charge on any atom is -0.258 e. The predicted molar refractivity (Wildman–Crippen MR) is 73.0 cm³/mol. The molecule has 0 bridgehead atoms. The molecule has 0 fully saturated rings. The van der Waals surface area contributed by atoms with Crippen molar-refractivity contribution in [2.45, 2.75) is 6.92 Å². The third kappa shape index (κ3) is 2.56. The number of halogens is 1. The summed E-state index contributed by atoms with van der Waals surface area (Å²) in [5, 5.41) is 20.4. The Bertz CT molecular complexity index is 705. The van der Waals surface area contributed by atoms with Crippen molar-refractivity contribution < 1.29 is 4.92 Å². The van der Waals surface area contributed by atoms with Gasteiger partial charge in [0.15, 0.2) is 0 Å². The van der Waals surface area contributed by atoms with Crippen LogP contribution in [0.1, 0.15) is 11.1 Å². The molecule has 0 saturated heterocycles. The highest BCUT2D eigenvalue weighted by Crippen LogP contribution is 2.35. The molecule has 0 saturated carbocycles. The Balaban J connectivity index is 2.74. The smallest absolute Gasteiger partial charge is 0.258 e. The van der Waals surface area contributed by atoms with Gasteiger partial charge in [-0.05, 0) is 31.2 Å². The molecule has 0 aliphatic heterocycles. The van der Waals surface area contributed by atoms with Gasteiger partial charge in [0.1, 0.15) is 0 Å². The third-order valence-electron chi connectivity index (χ3n) is 2.73. The summed E-state index contributed by atoms with van der Waals surface area (Å²) in [6.45, 7) is 1.84. The van der Waals surface area contributed by atoms with Crippen molar-refractivity contribution in [1.82, 2.24) is 0 Å². The van der Waals surface area contributed by atoms with E-state index in [9.17, 15) is 10.1 Å². The molecule has 4 nitrogen and oxygen atoms in total. The zero-order valence-electron chi connectivity index (χ0n) is 10.1. The van der Waals surface area contributed by atoms with Crippen LogP contribution in [0.3, 0.4) is 0 Å². The topological polar surface area (TPSA) is 66.9 Å². The predicted octanol–water partition coefficient (Wildman–Crippen LogP) is 4.10. The maximum Gasteiger partial charge on any atom is 0.277 e. The Labute approximate surface area is 115 Å². The molecule has 0 heterocycles. The van der Waals surface area contributed by atoms with E-state index in [1.165, 1.54) is 6.07 Å². The van der Waals surface area contributed by atoms with E-state index in [0.29, 0.717) is 21.7 Å². The van der Waals surface area contributed by atoms with Crippen molar-refractivity contribution in [3.63, 3.8) is 0 Å². The number of nitro benzene ring substituents is 1. The molecule has 0 aliphatic rings. The van der Waals surface area contributed by atoms with Gasteiger partial charge in [0.25, 0.3) is 5.69 Å². The van der Waals surface area contributed by atoms with Gasteiger partial charge in [0.2, 0.25) is 0 Å². The van der Waals surface area contributed by atoms with Crippen LogP contribution in [0.15, 0.2) is 36.4 Å². The van der Waals surface area contributed by atoms with Gasteiger partial charge in [-0.2, -0.15) is 5.26 Å². The maximum absolute atomic E-state index is 11.1. The molecule has 2 aromatic carbocycles. The Morgan fingerprint density at radius 1 is 1.21 bits per heavy atom. The summed E-state index contributed by atoms with van der Waals surface area (Å²) in [5.41, 5.74) is 2.19. The number of nitro groups is 1. The lowest BCUT2D eigenvalue weighted by Crippen LogP contribution is -1.93. The van der Waals surface area contributed by atoms with Crippen LogP contribution in [0, 0.1) is 28.4 Å². The molecule has 2 rings (SSSR count). The fraction of sp³-hybridized carbons (Fsp3) is 0.0714. The molecule has 0 N–H and O–H groups in total. The molecule has 5 heteroatoms. The van der Waals surface area contributed by atoms with E-state index in [-0.39, 0.29) is 5.69 Å². The van der Waals surface area contributed by atoms with Crippen LogP contribution in [0.4, 0.5) is 5.69 Å². The first-order valence-corrected chi connectivity index (χ1v) is 5.86. The lowest BCUT2D eigenvalue weighted by Gasteiger charge is -2.07. The molecule has 0 aliphatic carbocycles. The van der Waals surface area contributed by atoms with Gasteiger partial charge in [0.05, 0.1) is 22.1 Å². The molecule has 0 radical (unpaired) electrons. The number of rotatable bonds is 2. The average molecular weight is 273 g/mol. The molecule has 0 atom stereocenters. The minimum atomic E-state index is -0.454. The summed E-state index contributed by atoms with van der Waals surface area (Å²) in [7, 11) is 0. The van der Waals surface area contributed by atoms with E-state index < -0.39 is 4.92 Å². The second-order valence-corrected chi connectivity index (χ2v) is 4.49. The Kier molecular flexibility index (Phi) is 3.50. The van der Waals surface area contributed by atoms with Gasteiger partial charge in [-0.1, -0.05) is 23.2 Å². The van der Waals surface area contributed by atoms with Crippen molar-refractivity contribution in [2.75, 3.05) is 0 Å². The quantitative estimate of drug-likeness (QED) is 0.611. The van der Waals surface area contributed by atoms with E-state index in [2.05, 4.69) is 0 Å². The summed E-state index contributed by atoms with van der Waals surface area (Å²) in [6, 6.07) is 11.5. The van der Waals surface area contributed by atoms with Crippen LogP contribution in [0.5, 0.6) is 0 Å². The standard InChI is InChI=1S/C14H9ClN2O2/c1-9-2-5-14(17(18)19)12(6-9)11-7-10(8-16)3-4-13(11)15/h2-7H,1H3. The first-order valence-electron chi connectivity index (χ1n) is 5.48. The molecule has 19 heavy (non-hydrogen) atoms. The van der Waals surface area contributed by atoms with Crippen LogP contribution >= 0.6 is 11.6 Å². The largest absolute Gasteiger partial charge is 0.277 e. The average Bonchev–Trinajstić information content (AvgIpc) is 2.38. The number of nitriles is 1.